The zero-order chi connectivity index (χ0) is 18.8. The summed E-state index contributed by atoms with van der Waals surface area (Å²) in [7, 11) is 0. The molecule has 0 aliphatic heterocycles. The van der Waals surface area contributed by atoms with Gasteiger partial charge in [0.05, 0.1) is 29.3 Å². The quantitative estimate of drug-likeness (QED) is 0.434. The summed E-state index contributed by atoms with van der Waals surface area (Å²) in [6, 6.07) is 10.5. The van der Waals surface area contributed by atoms with E-state index < -0.39 is 0 Å². The molecule has 0 atom stereocenters. The van der Waals surface area contributed by atoms with Crippen molar-refractivity contribution in [1.29, 1.82) is 0 Å². The van der Waals surface area contributed by atoms with Crippen molar-refractivity contribution >= 4 is 52.9 Å². The molecule has 4 aromatic rings. The monoisotopic (exact) mass is 411 g/mol. The first-order chi connectivity index (χ1) is 13.2. The predicted molar refractivity (Wildman–Crippen MR) is 106 cm³/mol. The molecule has 9 heteroatoms. The molecule has 0 spiro atoms. The van der Waals surface area contributed by atoms with Crippen LogP contribution >= 0.6 is 34.0 Å². The molecule has 0 saturated heterocycles. The minimum Gasteiger partial charge on any atom is -0.297 e. The minimum absolute atomic E-state index is 0.440. The molecule has 4 aromatic heterocycles. The molecule has 4 heterocycles. The van der Waals surface area contributed by atoms with E-state index in [0.29, 0.717) is 32.1 Å². The van der Waals surface area contributed by atoms with Crippen molar-refractivity contribution in [3.8, 4) is 32.1 Å². The Kier molecular flexibility index (Phi) is 4.80. The molecule has 4 rings (SSSR count). The lowest BCUT2D eigenvalue weighted by Gasteiger charge is -2.04. The number of carbonyl (C=O) groups excluding carboxylic acids is 3. The standard InChI is InChI=1S/C18H9N3O3S3/c22-7-10-1-4-13(25-10)16-19-17(14-5-2-11(8-23)26-14)21-18(20-16)15-6-3-12(9-24)27-15/h1-9H. The van der Waals surface area contributed by atoms with E-state index in [-0.39, 0.29) is 0 Å². The Bertz CT molecular complexity index is 1000. The summed E-state index contributed by atoms with van der Waals surface area (Å²) in [6.45, 7) is 0. The summed E-state index contributed by atoms with van der Waals surface area (Å²) < 4.78 is 0. The first-order valence-electron chi connectivity index (χ1n) is 7.62. The number of hydrogen-bond donors (Lipinski definition) is 0. The second-order valence-electron chi connectivity index (χ2n) is 5.27. The van der Waals surface area contributed by atoms with Crippen LogP contribution in [0, 0.1) is 0 Å². The van der Waals surface area contributed by atoms with Crippen LogP contribution in [-0.4, -0.2) is 33.8 Å². The molecule has 0 unspecified atom stereocenters. The van der Waals surface area contributed by atoms with Crippen LogP contribution in [0.1, 0.15) is 29.0 Å². The number of thiophene rings is 3. The number of carbonyl (C=O) groups is 3. The summed E-state index contributed by atoms with van der Waals surface area (Å²) in [6.07, 6.45) is 2.34. The topological polar surface area (TPSA) is 89.9 Å². The summed E-state index contributed by atoms with van der Waals surface area (Å²) in [5.41, 5.74) is 0. The van der Waals surface area contributed by atoms with Crippen molar-refractivity contribution in [2.75, 3.05) is 0 Å². The van der Waals surface area contributed by atoms with Gasteiger partial charge in [0.15, 0.2) is 36.3 Å². The van der Waals surface area contributed by atoms with Gasteiger partial charge >= 0.3 is 0 Å². The van der Waals surface area contributed by atoms with Gasteiger partial charge in [-0.3, -0.25) is 14.4 Å². The number of aromatic nitrogens is 3. The molecule has 0 aromatic carbocycles. The van der Waals surface area contributed by atoms with Crippen molar-refractivity contribution in [3.05, 3.63) is 51.0 Å². The van der Waals surface area contributed by atoms with Crippen molar-refractivity contribution < 1.29 is 14.4 Å². The van der Waals surface area contributed by atoms with Crippen LogP contribution in [0.3, 0.4) is 0 Å². The second-order valence-corrected chi connectivity index (χ2v) is 8.61. The fourth-order valence-electron chi connectivity index (χ4n) is 2.32. The number of aldehydes is 3. The van der Waals surface area contributed by atoms with Crippen LogP contribution in [0.25, 0.3) is 32.1 Å². The summed E-state index contributed by atoms with van der Waals surface area (Å²) in [5.74, 6) is 1.32. The van der Waals surface area contributed by atoms with Gasteiger partial charge in [-0.25, -0.2) is 15.0 Å². The highest BCUT2D eigenvalue weighted by Gasteiger charge is 2.16. The number of rotatable bonds is 6. The van der Waals surface area contributed by atoms with Gasteiger partial charge in [0, 0.05) is 0 Å². The van der Waals surface area contributed by atoms with Crippen molar-refractivity contribution in [3.63, 3.8) is 0 Å². The average Bonchev–Trinajstić information content (AvgIpc) is 3.47. The fourth-order valence-corrected chi connectivity index (χ4v) is 4.59. The van der Waals surface area contributed by atoms with E-state index in [1.807, 2.05) is 0 Å². The first kappa shape index (κ1) is 17.5. The van der Waals surface area contributed by atoms with Crippen LogP contribution < -0.4 is 0 Å². The molecule has 132 valence electrons. The van der Waals surface area contributed by atoms with Gasteiger partial charge in [-0.1, -0.05) is 0 Å². The van der Waals surface area contributed by atoms with E-state index in [1.165, 1.54) is 34.0 Å². The molecule has 0 aliphatic rings. The van der Waals surface area contributed by atoms with Crippen LogP contribution in [-0.2, 0) is 0 Å². The van der Waals surface area contributed by atoms with Gasteiger partial charge in [-0.2, -0.15) is 0 Å². The van der Waals surface area contributed by atoms with E-state index in [1.54, 1.807) is 36.4 Å². The SMILES string of the molecule is O=Cc1ccc(-c2nc(-c3ccc(C=O)s3)nc(-c3ccc(C=O)s3)n2)s1. The molecule has 0 N–H and O–H groups in total. The zero-order valence-electron chi connectivity index (χ0n) is 13.5. The minimum atomic E-state index is 0.440. The summed E-state index contributed by atoms with van der Waals surface area (Å²) in [5, 5.41) is 0. The Hall–Kier alpha value is -2.88. The van der Waals surface area contributed by atoms with Gasteiger partial charge in [0.2, 0.25) is 0 Å². The van der Waals surface area contributed by atoms with Gasteiger partial charge in [0.25, 0.3) is 0 Å². The van der Waals surface area contributed by atoms with E-state index in [9.17, 15) is 14.4 Å². The van der Waals surface area contributed by atoms with E-state index >= 15 is 0 Å². The molecule has 0 aliphatic carbocycles. The van der Waals surface area contributed by atoms with E-state index in [2.05, 4.69) is 15.0 Å². The van der Waals surface area contributed by atoms with E-state index in [4.69, 9.17) is 0 Å². The normalized spacial score (nSPS) is 10.7. The maximum absolute atomic E-state index is 11.0. The number of nitrogens with zero attached hydrogens (tertiary/aromatic N) is 3. The summed E-state index contributed by atoms with van der Waals surface area (Å²) in [4.78, 5) is 50.5. The van der Waals surface area contributed by atoms with Gasteiger partial charge < -0.3 is 0 Å². The molecule has 0 saturated carbocycles. The third-order valence-corrected chi connectivity index (χ3v) is 6.55. The Morgan fingerprint density at radius 2 is 0.815 bits per heavy atom. The molecule has 27 heavy (non-hydrogen) atoms. The molecule has 6 nitrogen and oxygen atoms in total. The highest BCUT2D eigenvalue weighted by Crippen LogP contribution is 2.32. The maximum atomic E-state index is 11.0. The Morgan fingerprint density at radius 3 is 1.04 bits per heavy atom. The first-order valence-corrected chi connectivity index (χ1v) is 10.1. The third-order valence-electron chi connectivity index (χ3n) is 3.53. The fraction of sp³-hybridized carbons (Fsp3) is 0. The van der Waals surface area contributed by atoms with Crippen molar-refractivity contribution in [1.82, 2.24) is 15.0 Å². The molecule has 0 fully saturated rings. The molecule has 0 radical (unpaired) electrons. The molecular formula is C18H9N3O3S3. The van der Waals surface area contributed by atoms with Crippen LogP contribution in [0.2, 0.25) is 0 Å². The lowest BCUT2D eigenvalue weighted by Crippen LogP contribution is -1.97. The second kappa shape index (κ2) is 7.39. The Balaban J connectivity index is 1.88. The Labute approximate surface area is 165 Å². The van der Waals surface area contributed by atoms with E-state index in [0.717, 1.165) is 33.5 Å². The predicted octanol–water partition coefficient (Wildman–Crippen LogP) is 4.49. The highest BCUT2D eigenvalue weighted by molar-refractivity contribution is 7.17. The van der Waals surface area contributed by atoms with Crippen LogP contribution in [0.15, 0.2) is 36.4 Å². The van der Waals surface area contributed by atoms with Crippen LogP contribution in [0.4, 0.5) is 0 Å². The number of hydrogen-bond acceptors (Lipinski definition) is 9. The molecular weight excluding hydrogens is 402 g/mol. The molecule has 0 bridgehead atoms. The lowest BCUT2D eigenvalue weighted by atomic mass is 10.3. The zero-order valence-corrected chi connectivity index (χ0v) is 15.9. The Morgan fingerprint density at radius 1 is 0.519 bits per heavy atom. The molecule has 0 amide bonds. The smallest absolute Gasteiger partial charge is 0.174 e. The summed E-state index contributed by atoms with van der Waals surface area (Å²) >= 11 is 3.86. The van der Waals surface area contributed by atoms with Crippen molar-refractivity contribution in [2.45, 2.75) is 0 Å². The van der Waals surface area contributed by atoms with Crippen molar-refractivity contribution in [2.24, 2.45) is 0 Å². The maximum Gasteiger partial charge on any atom is 0.174 e. The largest absolute Gasteiger partial charge is 0.297 e. The lowest BCUT2D eigenvalue weighted by molar-refractivity contribution is 0.111. The van der Waals surface area contributed by atoms with Crippen LogP contribution in [0.5, 0.6) is 0 Å². The third kappa shape index (κ3) is 3.52. The van der Waals surface area contributed by atoms with Gasteiger partial charge in [-0.05, 0) is 36.4 Å². The highest BCUT2D eigenvalue weighted by atomic mass is 32.1. The average molecular weight is 411 g/mol. The van der Waals surface area contributed by atoms with Gasteiger partial charge in [-0.15, -0.1) is 34.0 Å². The van der Waals surface area contributed by atoms with Gasteiger partial charge in [0.1, 0.15) is 0 Å².